The molecule has 1 aromatic rings. The molecule has 1 heterocycles. The molecule has 5 heteroatoms. The Balaban J connectivity index is 1.90. The number of hydrogen-bond acceptors (Lipinski definition) is 4. The quantitative estimate of drug-likeness (QED) is 0.843. The van der Waals surface area contributed by atoms with E-state index in [4.69, 9.17) is 10.5 Å². The number of amides is 1. The van der Waals surface area contributed by atoms with Gasteiger partial charge in [-0.3, -0.25) is 4.79 Å². The van der Waals surface area contributed by atoms with Crippen LogP contribution in [0.3, 0.4) is 0 Å². The van der Waals surface area contributed by atoms with Crippen LogP contribution in [0.15, 0.2) is 24.3 Å². The fourth-order valence-corrected chi connectivity index (χ4v) is 2.58. The highest BCUT2D eigenvalue weighted by atomic mass is 16.5. The van der Waals surface area contributed by atoms with Crippen LogP contribution < -0.4 is 10.5 Å². The van der Waals surface area contributed by atoms with Gasteiger partial charge in [-0.15, -0.1) is 0 Å². The summed E-state index contributed by atoms with van der Waals surface area (Å²) in [5.74, 6) is 0.674. The summed E-state index contributed by atoms with van der Waals surface area (Å²) < 4.78 is 5.53. The van der Waals surface area contributed by atoms with Crippen LogP contribution in [0.1, 0.15) is 13.3 Å². The zero-order valence-electron chi connectivity index (χ0n) is 12.2. The second-order valence-electron chi connectivity index (χ2n) is 5.41. The molecule has 1 aliphatic rings. The zero-order valence-corrected chi connectivity index (χ0v) is 12.2. The third kappa shape index (κ3) is 3.87. The number of rotatable bonds is 3. The van der Waals surface area contributed by atoms with Crippen LogP contribution in [0.5, 0.6) is 5.75 Å². The first-order valence-corrected chi connectivity index (χ1v) is 7.02. The number of likely N-dealkylation sites (N-methyl/N-ethyl adjacent to an activating group) is 1. The summed E-state index contributed by atoms with van der Waals surface area (Å²) in [5, 5.41) is 0. The number of anilines is 1. The number of nitrogens with two attached hydrogens (primary N) is 1. The minimum Gasteiger partial charge on any atom is -0.484 e. The third-order valence-electron chi connectivity index (χ3n) is 3.59. The number of nitrogen functional groups attached to an aromatic ring is 1. The van der Waals surface area contributed by atoms with Gasteiger partial charge < -0.3 is 20.3 Å². The standard InChI is InChI=1S/C15H23N3O2/c1-12-10-17(2)7-4-8-18(12)15(19)11-20-14-6-3-5-13(16)9-14/h3,5-6,9,12H,4,7-8,10-11,16H2,1-2H3. The van der Waals surface area contributed by atoms with E-state index in [9.17, 15) is 4.79 Å². The third-order valence-corrected chi connectivity index (χ3v) is 3.59. The second-order valence-corrected chi connectivity index (χ2v) is 5.41. The van der Waals surface area contributed by atoms with E-state index in [0.29, 0.717) is 11.4 Å². The molecule has 1 amide bonds. The van der Waals surface area contributed by atoms with Crippen molar-refractivity contribution in [1.82, 2.24) is 9.80 Å². The van der Waals surface area contributed by atoms with Crippen LogP contribution in [-0.4, -0.2) is 55.0 Å². The van der Waals surface area contributed by atoms with E-state index in [-0.39, 0.29) is 18.6 Å². The van der Waals surface area contributed by atoms with Gasteiger partial charge in [-0.05, 0) is 39.1 Å². The van der Waals surface area contributed by atoms with Crippen molar-refractivity contribution in [2.45, 2.75) is 19.4 Å². The topological polar surface area (TPSA) is 58.8 Å². The lowest BCUT2D eigenvalue weighted by atomic mass is 10.2. The second kappa shape index (κ2) is 6.61. The van der Waals surface area contributed by atoms with E-state index in [1.54, 1.807) is 12.1 Å². The maximum absolute atomic E-state index is 12.3. The average molecular weight is 277 g/mol. The van der Waals surface area contributed by atoms with Gasteiger partial charge >= 0.3 is 0 Å². The predicted octanol–water partition coefficient (Wildman–Crippen LogP) is 1.20. The Morgan fingerprint density at radius 1 is 1.45 bits per heavy atom. The summed E-state index contributed by atoms with van der Waals surface area (Å²) in [4.78, 5) is 16.5. The number of nitrogens with zero attached hydrogens (tertiary/aromatic N) is 2. The number of benzene rings is 1. The Kier molecular flexibility index (Phi) is 4.84. The van der Waals surface area contributed by atoms with Crippen LogP contribution in [0, 0.1) is 0 Å². The zero-order chi connectivity index (χ0) is 14.5. The molecule has 1 aromatic carbocycles. The van der Waals surface area contributed by atoms with Gasteiger partial charge in [0.05, 0.1) is 0 Å². The van der Waals surface area contributed by atoms with Crippen molar-refractivity contribution >= 4 is 11.6 Å². The summed E-state index contributed by atoms with van der Waals surface area (Å²) in [5.41, 5.74) is 6.32. The highest BCUT2D eigenvalue weighted by Gasteiger charge is 2.24. The molecule has 0 aromatic heterocycles. The normalized spacial score (nSPS) is 20.5. The lowest BCUT2D eigenvalue weighted by Crippen LogP contribution is -2.44. The summed E-state index contributed by atoms with van der Waals surface area (Å²) in [6.07, 6.45) is 1.00. The van der Waals surface area contributed by atoms with Gasteiger partial charge in [-0.25, -0.2) is 0 Å². The molecule has 110 valence electrons. The SMILES string of the molecule is CC1CN(C)CCCN1C(=O)COc1cccc(N)c1. The van der Waals surface area contributed by atoms with Crippen LogP contribution in [0.4, 0.5) is 5.69 Å². The molecule has 20 heavy (non-hydrogen) atoms. The molecule has 2 N–H and O–H groups in total. The van der Waals surface area contributed by atoms with Gasteiger partial charge in [0.2, 0.25) is 0 Å². The van der Waals surface area contributed by atoms with E-state index in [1.165, 1.54) is 0 Å². The van der Waals surface area contributed by atoms with Gasteiger partial charge in [0.1, 0.15) is 5.75 Å². The molecule has 1 atom stereocenters. The first-order valence-electron chi connectivity index (χ1n) is 7.02. The van der Waals surface area contributed by atoms with E-state index < -0.39 is 0 Å². The maximum atomic E-state index is 12.3. The molecule has 1 aliphatic heterocycles. The molecular weight excluding hydrogens is 254 g/mol. The van der Waals surface area contributed by atoms with Crippen LogP contribution in [-0.2, 0) is 4.79 Å². The Morgan fingerprint density at radius 3 is 3.00 bits per heavy atom. The summed E-state index contributed by atoms with van der Waals surface area (Å²) in [6, 6.07) is 7.37. The fourth-order valence-electron chi connectivity index (χ4n) is 2.58. The highest BCUT2D eigenvalue weighted by Crippen LogP contribution is 2.15. The number of ether oxygens (including phenoxy) is 1. The van der Waals surface area contributed by atoms with Gasteiger partial charge in [0.25, 0.3) is 5.91 Å². The van der Waals surface area contributed by atoms with Gasteiger partial charge in [0, 0.05) is 30.9 Å². The minimum atomic E-state index is 0.0372. The Bertz CT molecular complexity index is 464. The van der Waals surface area contributed by atoms with Gasteiger partial charge in [-0.1, -0.05) is 6.07 Å². The van der Waals surface area contributed by atoms with Crippen LogP contribution in [0.25, 0.3) is 0 Å². The lowest BCUT2D eigenvalue weighted by Gasteiger charge is -2.28. The monoisotopic (exact) mass is 277 g/mol. The van der Waals surface area contributed by atoms with Gasteiger partial charge in [0.15, 0.2) is 6.61 Å². The van der Waals surface area contributed by atoms with Gasteiger partial charge in [-0.2, -0.15) is 0 Å². The largest absolute Gasteiger partial charge is 0.484 e. The van der Waals surface area contributed by atoms with E-state index in [2.05, 4.69) is 18.9 Å². The molecule has 1 saturated heterocycles. The molecule has 0 radical (unpaired) electrons. The van der Waals surface area contributed by atoms with Crippen molar-refractivity contribution in [3.63, 3.8) is 0 Å². The summed E-state index contributed by atoms with van der Waals surface area (Å²) in [7, 11) is 2.09. The van der Waals surface area contributed by atoms with Crippen LogP contribution >= 0.6 is 0 Å². The molecule has 1 fully saturated rings. The van der Waals surface area contributed by atoms with Crippen LogP contribution in [0.2, 0.25) is 0 Å². The smallest absolute Gasteiger partial charge is 0.260 e. The minimum absolute atomic E-state index is 0.0372. The van der Waals surface area contributed by atoms with Crippen molar-refractivity contribution in [2.75, 3.05) is 39.0 Å². The lowest BCUT2D eigenvalue weighted by molar-refractivity contribution is -0.135. The molecular formula is C15H23N3O2. The van der Waals surface area contributed by atoms with Crippen molar-refractivity contribution in [2.24, 2.45) is 0 Å². The molecule has 0 aliphatic carbocycles. The maximum Gasteiger partial charge on any atom is 0.260 e. The first kappa shape index (κ1) is 14.7. The average Bonchev–Trinajstić information content (AvgIpc) is 2.57. The number of carbonyl (C=O) groups excluding carboxylic acids is 1. The predicted molar refractivity (Wildman–Crippen MR) is 79.6 cm³/mol. The fraction of sp³-hybridized carbons (Fsp3) is 0.533. The molecule has 0 saturated carbocycles. The van der Waals surface area contributed by atoms with E-state index in [1.807, 2.05) is 17.0 Å². The number of carbonyl (C=O) groups is 1. The summed E-state index contributed by atoms with van der Waals surface area (Å²) >= 11 is 0. The number of hydrogen-bond donors (Lipinski definition) is 1. The molecule has 2 rings (SSSR count). The summed E-state index contributed by atoms with van der Waals surface area (Å²) in [6.45, 7) is 4.89. The van der Waals surface area contributed by atoms with E-state index in [0.717, 1.165) is 26.1 Å². The Labute approximate surface area is 120 Å². The molecule has 0 bridgehead atoms. The van der Waals surface area contributed by atoms with Crippen molar-refractivity contribution in [3.8, 4) is 5.75 Å². The molecule has 1 unspecified atom stereocenters. The van der Waals surface area contributed by atoms with Crippen molar-refractivity contribution in [3.05, 3.63) is 24.3 Å². The Morgan fingerprint density at radius 2 is 2.25 bits per heavy atom. The van der Waals surface area contributed by atoms with Crippen molar-refractivity contribution in [1.29, 1.82) is 0 Å². The van der Waals surface area contributed by atoms with Crippen molar-refractivity contribution < 1.29 is 9.53 Å². The van der Waals surface area contributed by atoms with E-state index >= 15 is 0 Å². The first-order chi connectivity index (χ1) is 9.56. The molecule has 0 spiro atoms. The highest BCUT2D eigenvalue weighted by molar-refractivity contribution is 5.78. The Hall–Kier alpha value is -1.75. The molecule has 5 nitrogen and oxygen atoms in total.